The van der Waals surface area contributed by atoms with Crippen LogP contribution >= 0.6 is 0 Å². The predicted molar refractivity (Wildman–Crippen MR) is 68.5 cm³/mol. The van der Waals surface area contributed by atoms with Crippen molar-refractivity contribution in [3.63, 3.8) is 0 Å². The normalized spacial score (nSPS) is 22.6. The van der Waals surface area contributed by atoms with E-state index >= 15 is 0 Å². The first kappa shape index (κ1) is 12.4. The highest BCUT2D eigenvalue weighted by Crippen LogP contribution is 2.21. The van der Waals surface area contributed by atoms with Crippen LogP contribution in [0, 0.1) is 0 Å². The molecule has 0 aromatic heterocycles. The molecule has 1 aromatic carbocycles. The maximum absolute atomic E-state index is 9.49. The van der Waals surface area contributed by atoms with E-state index in [1.54, 1.807) is 7.11 Å². The van der Waals surface area contributed by atoms with Crippen LogP contribution in [0.2, 0.25) is 0 Å². The van der Waals surface area contributed by atoms with Crippen LogP contribution in [0.25, 0.3) is 0 Å². The summed E-state index contributed by atoms with van der Waals surface area (Å²) in [5, 5.41) is 9.49. The maximum Gasteiger partial charge on any atom is 0.118 e. The van der Waals surface area contributed by atoms with Gasteiger partial charge in [0.2, 0.25) is 0 Å². The molecule has 0 saturated carbocycles. The molecule has 2 rings (SSSR count). The minimum Gasteiger partial charge on any atom is -0.497 e. The van der Waals surface area contributed by atoms with E-state index in [-0.39, 0.29) is 6.10 Å². The molecule has 0 amide bonds. The Kier molecular flexibility index (Phi) is 4.02. The molecule has 0 aliphatic carbocycles. The summed E-state index contributed by atoms with van der Waals surface area (Å²) >= 11 is 0. The third-order valence-electron chi connectivity index (χ3n) is 3.46. The molecular formula is C14H21NO2. The molecule has 94 valence electrons. The molecule has 1 unspecified atom stereocenters. The van der Waals surface area contributed by atoms with E-state index in [1.807, 2.05) is 12.1 Å². The number of methoxy groups -OCH3 is 1. The minimum absolute atomic E-state index is 0.127. The molecule has 3 heteroatoms. The summed E-state index contributed by atoms with van der Waals surface area (Å²) in [6, 6.07) is 8.25. The Bertz CT molecular complexity index is 350. The van der Waals surface area contributed by atoms with E-state index in [1.165, 1.54) is 5.56 Å². The first-order valence-corrected chi connectivity index (χ1v) is 6.23. The van der Waals surface area contributed by atoms with Crippen LogP contribution in [-0.4, -0.2) is 42.9 Å². The number of aliphatic hydroxyl groups is 1. The van der Waals surface area contributed by atoms with Crippen molar-refractivity contribution in [3.8, 4) is 5.75 Å². The van der Waals surface area contributed by atoms with Crippen molar-refractivity contribution in [2.24, 2.45) is 0 Å². The summed E-state index contributed by atoms with van der Waals surface area (Å²) in [6.07, 6.45) is 0.785. The molecule has 0 bridgehead atoms. The van der Waals surface area contributed by atoms with Gasteiger partial charge in [0, 0.05) is 19.6 Å². The van der Waals surface area contributed by atoms with Gasteiger partial charge in [-0.3, -0.25) is 0 Å². The summed E-state index contributed by atoms with van der Waals surface area (Å²) in [7, 11) is 1.68. The number of likely N-dealkylation sites (tertiary alicyclic amines) is 1. The van der Waals surface area contributed by atoms with Gasteiger partial charge < -0.3 is 14.7 Å². The third-order valence-corrected chi connectivity index (χ3v) is 3.46. The quantitative estimate of drug-likeness (QED) is 0.864. The number of aliphatic hydroxyl groups excluding tert-OH is 1. The molecule has 3 nitrogen and oxygen atoms in total. The van der Waals surface area contributed by atoms with Gasteiger partial charge in [0.1, 0.15) is 5.75 Å². The molecule has 1 aliphatic heterocycles. The second kappa shape index (κ2) is 5.52. The van der Waals surface area contributed by atoms with E-state index in [0.717, 1.165) is 31.8 Å². The highest BCUT2D eigenvalue weighted by Gasteiger charge is 2.21. The van der Waals surface area contributed by atoms with Gasteiger partial charge in [-0.15, -0.1) is 0 Å². The van der Waals surface area contributed by atoms with Crippen LogP contribution in [-0.2, 0) is 0 Å². The maximum atomic E-state index is 9.49. The van der Waals surface area contributed by atoms with Crippen LogP contribution in [0.1, 0.15) is 24.8 Å². The minimum atomic E-state index is -0.127. The average Bonchev–Trinajstić information content (AvgIpc) is 2.75. The van der Waals surface area contributed by atoms with Crippen LogP contribution in [0.5, 0.6) is 5.75 Å². The topological polar surface area (TPSA) is 32.7 Å². The van der Waals surface area contributed by atoms with E-state index < -0.39 is 0 Å². The zero-order chi connectivity index (χ0) is 12.3. The Hall–Kier alpha value is -1.06. The van der Waals surface area contributed by atoms with Crippen LogP contribution in [0.15, 0.2) is 24.3 Å². The standard InChI is InChI=1S/C14H21NO2/c1-11(9-15-8-7-13(16)10-15)12-3-5-14(17-2)6-4-12/h3-6,11,13,16H,7-10H2,1-2H3/t11?,13-/m1/s1. The first-order valence-electron chi connectivity index (χ1n) is 6.23. The number of hydrogen-bond acceptors (Lipinski definition) is 3. The summed E-state index contributed by atoms with van der Waals surface area (Å²) in [6.45, 7) is 5.08. The molecule has 1 saturated heterocycles. The Morgan fingerprint density at radius 3 is 2.65 bits per heavy atom. The van der Waals surface area contributed by atoms with Crippen molar-refractivity contribution in [1.82, 2.24) is 4.90 Å². The number of benzene rings is 1. The van der Waals surface area contributed by atoms with E-state index in [2.05, 4.69) is 24.0 Å². The number of rotatable bonds is 4. The average molecular weight is 235 g/mol. The lowest BCUT2D eigenvalue weighted by atomic mass is 10.0. The van der Waals surface area contributed by atoms with Gasteiger partial charge in [0.15, 0.2) is 0 Å². The fourth-order valence-electron chi connectivity index (χ4n) is 2.40. The molecule has 1 N–H and O–H groups in total. The Morgan fingerprint density at radius 1 is 1.41 bits per heavy atom. The monoisotopic (exact) mass is 235 g/mol. The van der Waals surface area contributed by atoms with E-state index in [0.29, 0.717) is 5.92 Å². The zero-order valence-electron chi connectivity index (χ0n) is 10.6. The van der Waals surface area contributed by atoms with Crippen molar-refractivity contribution >= 4 is 0 Å². The highest BCUT2D eigenvalue weighted by molar-refractivity contribution is 5.29. The Labute approximate surface area is 103 Å². The van der Waals surface area contributed by atoms with Gasteiger partial charge >= 0.3 is 0 Å². The summed E-state index contributed by atoms with van der Waals surface area (Å²) < 4.78 is 5.15. The van der Waals surface area contributed by atoms with Gasteiger partial charge in [-0.05, 0) is 30.0 Å². The molecule has 17 heavy (non-hydrogen) atoms. The summed E-state index contributed by atoms with van der Waals surface area (Å²) in [5.74, 6) is 1.39. The van der Waals surface area contributed by atoms with Crippen LogP contribution in [0.3, 0.4) is 0 Å². The second-order valence-corrected chi connectivity index (χ2v) is 4.88. The van der Waals surface area contributed by atoms with Crippen molar-refractivity contribution < 1.29 is 9.84 Å². The van der Waals surface area contributed by atoms with Gasteiger partial charge in [-0.1, -0.05) is 19.1 Å². The molecule has 0 radical (unpaired) electrons. The third kappa shape index (κ3) is 3.20. The molecule has 1 aliphatic rings. The molecule has 0 spiro atoms. The van der Waals surface area contributed by atoms with Crippen molar-refractivity contribution in [3.05, 3.63) is 29.8 Å². The zero-order valence-corrected chi connectivity index (χ0v) is 10.6. The van der Waals surface area contributed by atoms with Crippen LogP contribution < -0.4 is 4.74 Å². The Balaban J connectivity index is 1.92. The van der Waals surface area contributed by atoms with E-state index in [9.17, 15) is 5.11 Å². The fraction of sp³-hybridized carbons (Fsp3) is 0.571. The summed E-state index contributed by atoms with van der Waals surface area (Å²) in [5.41, 5.74) is 1.33. The van der Waals surface area contributed by atoms with Gasteiger partial charge in [0.25, 0.3) is 0 Å². The SMILES string of the molecule is COc1ccc(C(C)CN2CC[C@@H](O)C2)cc1. The lowest BCUT2D eigenvalue weighted by Crippen LogP contribution is -2.26. The fourth-order valence-corrected chi connectivity index (χ4v) is 2.40. The molecule has 1 aromatic rings. The van der Waals surface area contributed by atoms with Gasteiger partial charge in [0.05, 0.1) is 13.2 Å². The number of nitrogens with zero attached hydrogens (tertiary/aromatic N) is 1. The van der Waals surface area contributed by atoms with Crippen molar-refractivity contribution in [1.29, 1.82) is 0 Å². The van der Waals surface area contributed by atoms with Gasteiger partial charge in [-0.2, -0.15) is 0 Å². The highest BCUT2D eigenvalue weighted by atomic mass is 16.5. The molecule has 1 fully saturated rings. The van der Waals surface area contributed by atoms with Crippen molar-refractivity contribution in [2.45, 2.75) is 25.4 Å². The molecule has 1 heterocycles. The van der Waals surface area contributed by atoms with Gasteiger partial charge in [-0.25, -0.2) is 0 Å². The second-order valence-electron chi connectivity index (χ2n) is 4.88. The lowest BCUT2D eigenvalue weighted by Gasteiger charge is -2.20. The largest absolute Gasteiger partial charge is 0.497 e. The smallest absolute Gasteiger partial charge is 0.118 e. The Morgan fingerprint density at radius 2 is 2.12 bits per heavy atom. The predicted octanol–water partition coefficient (Wildman–Crippen LogP) is 1.87. The van der Waals surface area contributed by atoms with E-state index in [4.69, 9.17) is 4.74 Å². The van der Waals surface area contributed by atoms with Crippen molar-refractivity contribution in [2.75, 3.05) is 26.7 Å². The number of β-amino-alcohol motifs (C(OH)–C–C–N with tert-alkyl or cyclic N) is 1. The van der Waals surface area contributed by atoms with Crippen LogP contribution in [0.4, 0.5) is 0 Å². The number of ether oxygens (including phenoxy) is 1. The molecule has 2 atom stereocenters. The lowest BCUT2D eigenvalue weighted by molar-refractivity contribution is 0.175. The summed E-state index contributed by atoms with van der Waals surface area (Å²) in [4.78, 5) is 2.33. The molecular weight excluding hydrogens is 214 g/mol. The first-order chi connectivity index (χ1) is 8.19. The number of hydrogen-bond donors (Lipinski definition) is 1.